The summed E-state index contributed by atoms with van der Waals surface area (Å²) < 4.78 is 17.7. The van der Waals surface area contributed by atoms with Crippen LogP contribution in [0.4, 0.5) is 10.1 Å². The average molecular weight is 255 g/mol. The number of esters is 1. The molecule has 0 bridgehead atoms. The van der Waals surface area contributed by atoms with Crippen molar-refractivity contribution in [3.8, 4) is 0 Å². The number of carbonyl (C=O) groups excluding carboxylic acids is 1. The highest BCUT2D eigenvalue weighted by molar-refractivity contribution is 5.69. The number of rotatable bonds is 5. The first-order valence-electron chi connectivity index (χ1n) is 5.46. The minimum Gasteiger partial charge on any atom is -0.469 e. The first kappa shape index (κ1) is 14.1. The van der Waals surface area contributed by atoms with Crippen LogP contribution in [0, 0.1) is 22.9 Å². The molecular weight excluding hydrogens is 241 g/mol. The zero-order valence-electron chi connectivity index (χ0n) is 10.2. The lowest BCUT2D eigenvalue weighted by atomic mass is 10.0. The molecule has 5 nitrogen and oxygen atoms in total. The largest absolute Gasteiger partial charge is 0.469 e. The number of ether oxygens (including phenoxy) is 1. The van der Waals surface area contributed by atoms with Crippen molar-refractivity contribution in [3.63, 3.8) is 0 Å². The van der Waals surface area contributed by atoms with Crippen molar-refractivity contribution in [3.05, 3.63) is 39.2 Å². The van der Waals surface area contributed by atoms with Gasteiger partial charge in [-0.2, -0.15) is 0 Å². The molecule has 0 amide bonds. The zero-order valence-corrected chi connectivity index (χ0v) is 10.2. The van der Waals surface area contributed by atoms with Crippen molar-refractivity contribution in [2.75, 3.05) is 7.11 Å². The Kier molecular flexibility index (Phi) is 4.76. The fourth-order valence-corrected chi connectivity index (χ4v) is 1.63. The molecule has 0 N–H and O–H groups in total. The number of aryl methyl sites for hydroxylation is 2. The van der Waals surface area contributed by atoms with Crippen molar-refractivity contribution in [1.29, 1.82) is 0 Å². The molecule has 0 aromatic heterocycles. The SMILES string of the molecule is COC(=O)CCCc1cc(C)c(F)cc1[N+](=O)[O-]. The summed E-state index contributed by atoms with van der Waals surface area (Å²) in [6, 6.07) is 2.37. The van der Waals surface area contributed by atoms with Gasteiger partial charge in [-0.25, -0.2) is 4.39 Å². The van der Waals surface area contributed by atoms with E-state index in [0.717, 1.165) is 6.07 Å². The third-order valence-electron chi connectivity index (χ3n) is 2.61. The first-order valence-corrected chi connectivity index (χ1v) is 5.46. The highest BCUT2D eigenvalue weighted by Gasteiger charge is 2.16. The minimum atomic E-state index is -0.615. The Morgan fingerprint density at radius 3 is 2.72 bits per heavy atom. The molecule has 1 aromatic carbocycles. The van der Waals surface area contributed by atoms with E-state index in [0.29, 0.717) is 24.0 Å². The van der Waals surface area contributed by atoms with Crippen LogP contribution in [-0.2, 0) is 16.0 Å². The fraction of sp³-hybridized carbons (Fsp3) is 0.417. The molecule has 6 heteroatoms. The van der Waals surface area contributed by atoms with Gasteiger partial charge in [-0.3, -0.25) is 14.9 Å². The lowest BCUT2D eigenvalue weighted by molar-refractivity contribution is -0.385. The molecule has 0 unspecified atom stereocenters. The van der Waals surface area contributed by atoms with Gasteiger partial charge < -0.3 is 4.74 Å². The topological polar surface area (TPSA) is 69.4 Å². The second-order valence-electron chi connectivity index (χ2n) is 3.92. The van der Waals surface area contributed by atoms with E-state index >= 15 is 0 Å². The maximum absolute atomic E-state index is 13.2. The zero-order chi connectivity index (χ0) is 13.7. The molecule has 0 aliphatic carbocycles. The Bertz CT molecular complexity index is 473. The van der Waals surface area contributed by atoms with Crippen LogP contribution >= 0.6 is 0 Å². The van der Waals surface area contributed by atoms with E-state index in [1.807, 2.05) is 0 Å². The van der Waals surface area contributed by atoms with Crippen LogP contribution in [0.25, 0.3) is 0 Å². The lowest BCUT2D eigenvalue weighted by Gasteiger charge is -2.05. The second-order valence-corrected chi connectivity index (χ2v) is 3.92. The van der Waals surface area contributed by atoms with Crippen LogP contribution < -0.4 is 0 Å². The number of carbonyl (C=O) groups is 1. The van der Waals surface area contributed by atoms with Gasteiger partial charge in [0.1, 0.15) is 5.82 Å². The van der Waals surface area contributed by atoms with Crippen LogP contribution in [0.1, 0.15) is 24.0 Å². The molecule has 0 aliphatic heterocycles. The molecule has 1 aromatic rings. The van der Waals surface area contributed by atoms with E-state index in [1.165, 1.54) is 13.2 Å². The van der Waals surface area contributed by atoms with Crippen LogP contribution in [0.15, 0.2) is 12.1 Å². The van der Waals surface area contributed by atoms with Crippen molar-refractivity contribution in [2.24, 2.45) is 0 Å². The Morgan fingerprint density at radius 2 is 2.17 bits per heavy atom. The van der Waals surface area contributed by atoms with Crippen molar-refractivity contribution in [2.45, 2.75) is 26.2 Å². The number of nitrogens with zero attached hydrogens (tertiary/aromatic N) is 1. The van der Waals surface area contributed by atoms with E-state index in [2.05, 4.69) is 4.74 Å². The van der Waals surface area contributed by atoms with E-state index in [9.17, 15) is 19.3 Å². The van der Waals surface area contributed by atoms with Crippen LogP contribution in [0.2, 0.25) is 0 Å². The Hall–Kier alpha value is -1.98. The molecule has 0 spiro atoms. The van der Waals surface area contributed by atoms with Gasteiger partial charge in [-0.1, -0.05) is 0 Å². The van der Waals surface area contributed by atoms with Gasteiger partial charge in [-0.05, 0) is 31.4 Å². The number of halogens is 1. The highest BCUT2D eigenvalue weighted by atomic mass is 19.1. The van der Waals surface area contributed by atoms with Crippen molar-refractivity contribution < 1.29 is 18.8 Å². The summed E-state index contributed by atoms with van der Waals surface area (Å²) in [4.78, 5) is 21.1. The van der Waals surface area contributed by atoms with E-state index in [1.54, 1.807) is 6.92 Å². The molecule has 0 saturated heterocycles. The molecule has 0 atom stereocenters. The fourth-order valence-electron chi connectivity index (χ4n) is 1.63. The van der Waals surface area contributed by atoms with E-state index in [4.69, 9.17) is 0 Å². The van der Waals surface area contributed by atoms with Crippen LogP contribution in [-0.4, -0.2) is 18.0 Å². The summed E-state index contributed by atoms with van der Waals surface area (Å²) in [7, 11) is 1.28. The Balaban J connectivity index is 2.83. The Labute approximate surface area is 104 Å². The van der Waals surface area contributed by atoms with Gasteiger partial charge in [-0.15, -0.1) is 0 Å². The predicted molar refractivity (Wildman–Crippen MR) is 62.7 cm³/mol. The number of nitro groups is 1. The monoisotopic (exact) mass is 255 g/mol. The number of methoxy groups -OCH3 is 1. The van der Waals surface area contributed by atoms with Crippen LogP contribution in [0.5, 0.6) is 0 Å². The normalized spacial score (nSPS) is 10.2. The van der Waals surface area contributed by atoms with Crippen molar-refractivity contribution >= 4 is 11.7 Å². The number of hydrogen-bond acceptors (Lipinski definition) is 4. The summed E-state index contributed by atoms with van der Waals surface area (Å²) >= 11 is 0. The molecule has 0 heterocycles. The average Bonchev–Trinajstić information content (AvgIpc) is 2.32. The molecule has 98 valence electrons. The van der Waals surface area contributed by atoms with Gasteiger partial charge >= 0.3 is 5.97 Å². The minimum absolute atomic E-state index is 0.185. The molecule has 0 saturated carbocycles. The predicted octanol–water partition coefficient (Wildman–Crippen LogP) is 2.54. The van der Waals surface area contributed by atoms with Gasteiger partial charge in [0.2, 0.25) is 0 Å². The third kappa shape index (κ3) is 3.51. The third-order valence-corrected chi connectivity index (χ3v) is 2.61. The maximum Gasteiger partial charge on any atom is 0.305 e. The number of benzene rings is 1. The summed E-state index contributed by atoms with van der Waals surface area (Å²) in [6.07, 6.45) is 0.954. The van der Waals surface area contributed by atoms with Gasteiger partial charge in [0, 0.05) is 12.0 Å². The summed E-state index contributed by atoms with van der Waals surface area (Å²) in [5.74, 6) is -0.963. The van der Waals surface area contributed by atoms with Gasteiger partial charge in [0.15, 0.2) is 0 Å². The number of hydrogen-bond donors (Lipinski definition) is 0. The van der Waals surface area contributed by atoms with Gasteiger partial charge in [0.25, 0.3) is 5.69 Å². The standard InChI is InChI=1S/C12H14FNO4/c1-8-6-9(4-3-5-12(15)18-2)11(14(16)17)7-10(8)13/h6-7H,3-5H2,1-2H3. The van der Waals surface area contributed by atoms with Crippen LogP contribution in [0.3, 0.4) is 0 Å². The molecular formula is C12H14FNO4. The van der Waals surface area contributed by atoms with Gasteiger partial charge in [0.05, 0.1) is 18.1 Å². The number of nitro benzene ring substituents is 1. The summed E-state index contributed by atoms with van der Waals surface area (Å²) in [5, 5.41) is 10.8. The quantitative estimate of drug-likeness (QED) is 0.460. The van der Waals surface area contributed by atoms with E-state index < -0.39 is 10.7 Å². The lowest BCUT2D eigenvalue weighted by Crippen LogP contribution is -2.03. The molecule has 0 fully saturated rings. The highest BCUT2D eigenvalue weighted by Crippen LogP contribution is 2.24. The maximum atomic E-state index is 13.2. The van der Waals surface area contributed by atoms with Crippen molar-refractivity contribution in [1.82, 2.24) is 0 Å². The summed E-state index contributed by atoms with van der Waals surface area (Å²) in [5.41, 5.74) is 0.541. The Morgan fingerprint density at radius 1 is 1.50 bits per heavy atom. The molecule has 18 heavy (non-hydrogen) atoms. The smallest absolute Gasteiger partial charge is 0.305 e. The molecule has 1 rings (SSSR count). The molecule has 0 aliphatic rings. The summed E-state index contributed by atoms with van der Waals surface area (Å²) in [6.45, 7) is 1.54. The molecule has 0 radical (unpaired) electrons. The second kappa shape index (κ2) is 6.09. The first-order chi connectivity index (χ1) is 8.45. The van der Waals surface area contributed by atoms with E-state index in [-0.39, 0.29) is 18.1 Å².